The molecule has 0 N–H and O–H groups in total. The first-order valence-electron chi connectivity index (χ1n) is 12.7. The summed E-state index contributed by atoms with van der Waals surface area (Å²) in [5.41, 5.74) is 7.84. The number of aromatic nitrogens is 1. The maximum atomic E-state index is 5.00. The Kier molecular flexibility index (Phi) is 5.69. The lowest BCUT2D eigenvalue weighted by molar-refractivity contribution is 1.32. The lowest BCUT2D eigenvalue weighted by atomic mass is 10.0. The molecule has 0 saturated heterocycles. The first kappa shape index (κ1) is 22.5. The summed E-state index contributed by atoms with van der Waals surface area (Å²) in [6.07, 6.45) is 0. The van der Waals surface area contributed by atoms with E-state index >= 15 is 0 Å². The summed E-state index contributed by atoms with van der Waals surface area (Å²) < 4.78 is 1.24. The number of para-hydroxylation sites is 2. The number of nitrogens with zero attached hydrogens (tertiary/aromatic N) is 2. The van der Waals surface area contributed by atoms with Crippen molar-refractivity contribution in [2.75, 3.05) is 4.90 Å². The van der Waals surface area contributed by atoms with Gasteiger partial charge in [-0.3, -0.25) is 0 Å². The number of benzene rings is 5. The monoisotopic (exact) mass is 504 g/mol. The van der Waals surface area contributed by atoms with E-state index in [-0.39, 0.29) is 0 Å². The summed E-state index contributed by atoms with van der Waals surface area (Å²) in [5.74, 6) is 0. The zero-order valence-corrected chi connectivity index (χ0v) is 21.5. The molecule has 0 atom stereocenters. The molecule has 0 aliphatic carbocycles. The van der Waals surface area contributed by atoms with Crippen LogP contribution in [0.5, 0.6) is 0 Å². The molecule has 2 nitrogen and oxygen atoms in total. The van der Waals surface area contributed by atoms with Crippen LogP contribution >= 0.6 is 11.3 Å². The molecule has 0 fully saturated rings. The average molecular weight is 505 g/mol. The number of hydrogen-bond acceptors (Lipinski definition) is 3. The van der Waals surface area contributed by atoms with Crippen molar-refractivity contribution in [2.45, 2.75) is 0 Å². The van der Waals surface area contributed by atoms with Gasteiger partial charge in [-0.25, -0.2) is 4.98 Å². The molecule has 38 heavy (non-hydrogen) atoms. The third kappa shape index (κ3) is 4.13. The van der Waals surface area contributed by atoms with E-state index in [2.05, 4.69) is 144 Å². The molecule has 2 aromatic heterocycles. The van der Waals surface area contributed by atoms with Gasteiger partial charge in [-0.2, -0.15) is 0 Å². The quantitative estimate of drug-likeness (QED) is 0.232. The summed E-state index contributed by atoms with van der Waals surface area (Å²) in [7, 11) is 0. The Hall–Kier alpha value is -4.73. The molecule has 0 aliphatic heterocycles. The van der Waals surface area contributed by atoms with E-state index in [0.29, 0.717) is 0 Å². The smallest absolute Gasteiger partial charge is 0.101 e. The van der Waals surface area contributed by atoms with Crippen molar-refractivity contribution in [1.82, 2.24) is 4.98 Å². The van der Waals surface area contributed by atoms with Gasteiger partial charge in [-0.1, -0.05) is 97.1 Å². The number of fused-ring (bicyclic) bond motifs is 2. The Morgan fingerprint density at radius 3 is 2.11 bits per heavy atom. The van der Waals surface area contributed by atoms with Gasteiger partial charge in [0.1, 0.15) is 5.00 Å². The molecule has 180 valence electrons. The Labute approximate surface area is 226 Å². The molecule has 0 aliphatic rings. The van der Waals surface area contributed by atoms with E-state index in [1.165, 1.54) is 26.2 Å². The molecule has 0 radical (unpaired) electrons. The number of thiophene rings is 1. The Bertz CT molecular complexity index is 1870. The molecule has 7 rings (SSSR count). The van der Waals surface area contributed by atoms with Crippen LogP contribution in [0.15, 0.2) is 146 Å². The van der Waals surface area contributed by atoms with Crippen LogP contribution in [0, 0.1) is 0 Å². The van der Waals surface area contributed by atoms with Crippen LogP contribution < -0.4 is 4.90 Å². The standard InChI is InChI=1S/C35H24N2S/c1-3-11-25(12-4-1)27-14-9-17-29(23-27)37(28-15-5-2-6-16-28)35-24-31-30(18-10-20-34(31)38-35)33-22-21-26-13-7-8-19-32(26)36-33/h1-24H. The van der Waals surface area contributed by atoms with Crippen LogP contribution in [-0.4, -0.2) is 4.98 Å². The number of pyridine rings is 1. The molecule has 3 heteroatoms. The summed E-state index contributed by atoms with van der Waals surface area (Å²) in [6, 6.07) is 51.4. The summed E-state index contributed by atoms with van der Waals surface area (Å²) >= 11 is 1.81. The second-order valence-corrected chi connectivity index (χ2v) is 10.3. The fourth-order valence-corrected chi connectivity index (χ4v) is 6.16. The molecule has 0 amide bonds. The fourth-order valence-electron chi connectivity index (χ4n) is 5.03. The first-order valence-corrected chi connectivity index (χ1v) is 13.5. The number of rotatable bonds is 5. The summed E-state index contributed by atoms with van der Waals surface area (Å²) in [5, 5.41) is 3.54. The van der Waals surface area contributed by atoms with Crippen molar-refractivity contribution in [3.05, 3.63) is 146 Å². The molecule has 2 heterocycles. The van der Waals surface area contributed by atoms with Crippen molar-refractivity contribution >= 4 is 48.7 Å². The second kappa shape index (κ2) is 9.62. The number of hydrogen-bond donors (Lipinski definition) is 0. The minimum Gasteiger partial charge on any atom is -0.302 e. The lowest BCUT2D eigenvalue weighted by Gasteiger charge is -2.24. The van der Waals surface area contributed by atoms with Gasteiger partial charge in [0.25, 0.3) is 0 Å². The van der Waals surface area contributed by atoms with Gasteiger partial charge >= 0.3 is 0 Å². The van der Waals surface area contributed by atoms with Gasteiger partial charge < -0.3 is 4.90 Å². The van der Waals surface area contributed by atoms with Crippen molar-refractivity contribution in [2.24, 2.45) is 0 Å². The van der Waals surface area contributed by atoms with E-state index < -0.39 is 0 Å². The maximum absolute atomic E-state index is 5.00. The molecule has 5 aromatic carbocycles. The van der Waals surface area contributed by atoms with Crippen LogP contribution in [0.4, 0.5) is 16.4 Å². The van der Waals surface area contributed by atoms with Crippen LogP contribution in [0.1, 0.15) is 0 Å². The topological polar surface area (TPSA) is 16.1 Å². The highest BCUT2D eigenvalue weighted by molar-refractivity contribution is 7.23. The number of anilines is 3. The van der Waals surface area contributed by atoms with Gasteiger partial charge in [0, 0.05) is 32.4 Å². The predicted octanol–water partition coefficient (Wildman–Crippen LogP) is 10.3. The van der Waals surface area contributed by atoms with E-state index in [9.17, 15) is 0 Å². The minimum absolute atomic E-state index is 0.996. The van der Waals surface area contributed by atoms with Gasteiger partial charge in [0.15, 0.2) is 0 Å². The average Bonchev–Trinajstić information content (AvgIpc) is 3.42. The van der Waals surface area contributed by atoms with Crippen LogP contribution in [0.3, 0.4) is 0 Å². The van der Waals surface area contributed by atoms with E-state index in [1.54, 1.807) is 0 Å². The van der Waals surface area contributed by atoms with Gasteiger partial charge in [0.2, 0.25) is 0 Å². The van der Waals surface area contributed by atoms with E-state index in [4.69, 9.17) is 4.98 Å². The SMILES string of the molecule is c1ccc(-c2cccc(N(c3ccccc3)c3cc4c(-c5ccc6ccccc6n5)cccc4s3)c2)cc1. The minimum atomic E-state index is 0.996. The highest BCUT2D eigenvalue weighted by Crippen LogP contribution is 2.44. The first-order chi connectivity index (χ1) is 18.8. The molecule has 0 saturated carbocycles. The molecule has 0 bridgehead atoms. The molecule has 0 spiro atoms. The van der Waals surface area contributed by atoms with Crippen molar-refractivity contribution in [3.63, 3.8) is 0 Å². The molecule has 7 aromatic rings. The molecule has 0 unspecified atom stereocenters. The zero-order chi connectivity index (χ0) is 25.3. The van der Waals surface area contributed by atoms with E-state index in [1.807, 2.05) is 17.4 Å². The summed E-state index contributed by atoms with van der Waals surface area (Å²) in [6.45, 7) is 0. The van der Waals surface area contributed by atoms with Gasteiger partial charge in [0.05, 0.1) is 11.2 Å². The molecular formula is C35H24N2S. The summed E-state index contributed by atoms with van der Waals surface area (Å²) in [4.78, 5) is 7.36. The Morgan fingerprint density at radius 2 is 1.24 bits per heavy atom. The lowest BCUT2D eigenvalue weighted by Crippen LogP contribution is -2.08. The Balaban J connectivity index is 1.38. The molecular weight excluding hydrogens is 480 g/mol. The second-order valence-electron chi connectivity index (χ2n) is 9.28. The predicted molar refractivity (Wildman–Crippen MR) is 163 cm³/mol. The third-order valence-electron chi connectivity index (χ3n) is 6.87. The van der Waals surface area contributed by atoms with Gasteiger partial charge in [-0.15, -0.1) is 11.3 Å². The highest BCUT2D eigenvalue weighted by Gasteiger charge is 2.18. The normalized spacial score (nSPS) is 11.2. The van der Waals surface area contributed by atoms with Gasteiger partial charge in [-0.05, 0) is 59.7 Å². The zero-order valence-electron chi connectivity index (χ0n) is 20.7. The highest BCUT2D eigenvalue weighted by atomic mass is 32.1. The third-order valence-corrected chi connectivity index (χ3v) is 7.95. The van der Waals surface area contributed by atoms with Crippen molar-refractivity contribution in [3.8, 4) is 22.4 Å². The Morgan fingerprint density at radius 1 is 0.526 bits per heavy atom. The van der Waals surface area contributed by atoms with Crippen molar-refractivity contribution < 1.29 is 0 Å². The van der Waals surface area contributed by atoms with Crippen LogP contribution in [0.25, 0.3) is 43.4 Å². The van der Waals surface area contributed by atoms with Crippen molar-refractivity contribution in [1.29, 1.82) is 0 Å². The fraction of sp³-hybridized carbons (Fsp3) is 0. The largest absolute Gasteiger partial charge is 0.302 e. The maximum Gasteiger partial charge on any atom is 0.101 e. The van der Waals surface area contributed by atoms with Crippen LogP contribution in [-0.2, 0) is 0 Å². The van der Waals surface area contributed by atoms with Crippen LogP contribution in [0.2, 0.25) is 0 Å². The van der Waals surface area contributed by atoms with E-state index in [0.717, 1.165) is 33.5 Å².